The molecule has 2 fully saturated rings. The fourth-order valence-electron chi connectivity index (χ4n) is 4.08. The van der Waals surface area contributed by atoms with Crippen LogP contribution in [0.2, 0.25) is 0 Å². The molecule has 2 saturated heterocycles. The molecule has 0 aliphatic carbocycles. The molecule has 2 aliphatic heterocycles. The van der Waals surface area contributed by atoms with Crippen molar-refractivity contribution in [2.75, 3.05) is 25.7 Å². The Balaban J connectivity index is 2.09. The first-order valence-electron chi connectivity index (χ1n) is 8.35. The summed E-state index contributed by atoms with van der Waals surface area (Å²) in [5.41, 5.74) is -1.10. The van der Waals surface area contributed by atoms with E-state index in [4.69, 9.17) is 9.15 Å². The van der Waals surface area contributed by atoms with Crippen molar-refractivity contribution in [3.63, 3.8) is 0 Å². The Labute approximate surface area is 150 Å². The molecule has 0 radical (unpaired) electrons. The maximum atomic E-state index is 12.9. The van der Waals surface area contributed by atoms with Crippen molar-refractivity contribution in [3.8, 4) is 0 Å². The number of hydrogen-bond acceptors (Lipinski definition) is 6. The molecule has 0 saturated carbocycles. The topological polar surface area (TPSA) is 93.4 Å². The number of rotatable bonds is 6. The molecule has 1 aromatic heterocycles. The maximum absolute atomic E-state index is 12.9. The van der Waals surface area contributed by atoms with Crippen LogP contribution < -0.4 is 5.32 Å². The number of carbonyl (C=O) groups excluding carboxylic acids is 3. The first kappa shape index (κ1) is 18.0. The number of esters is 1. The molecule has 2 aliphatic rings. The number of carbonyl (C=O) groups is 3. The summed E-state index contributed by atoms with van der Waals surface area (Å²) in [6, 6.07) is 3.12. The van der Waals surface area contributed by atoms with Crippen molar-refractivity contribution in [1.82, 2.24) is 4.90 Å². The molecule has 0 spiro atoms. The highest BCUT2D eigenvalue weighted by Gasteiger charge is 2.72. The van der Waals surface area contributed by atoms with Crippen molar-refractivity contribution in [2.24, 2.45) is 11.8 Å². The standard InChI is InChI=1S/C17H22N2O5S/c1-4-23-16(22)17(7-9-25-3)12-11(14(20)19(2)15(12)21)13(18-17)10-6-5-8-24-10/h5-6,8,11-13,18H,4,7,9H2,1-3H3/p+1/t11-,12+,13-,17-/m0/s1. The van der Waals surface area contributed by atoms with Crippen molar-refractivity contribution < 1.29 is 28.9 Å². The van der Waals surface area contributed by atoms with Crippen LogP contribution in [0.1, 0.15) is 25.1 Å². The molecule has 1 aromatic rings. The fourth-order valence-corrected chi connectivity index (χ4v) is 4.62. The molecular formula is C17H23N2O5S+. The van der Waals surface area contributed by atoms with Crippen LogP contribution >= 0.6 is 11.8 Å². The van der Waals surface area contributed by atoms with E-state index < -0.39 is 29.4 Å². The number of likely N-dealkylation sites (tertiary alicyclic amines) is 1. The molecule has 8 heteroatoms. The van der Waals surface area contributed by atoms with E-state index in [0.717, 1.165) is 4.90 Å². The molecule has 4 atom stereocenters. The summed E-state index contributed by atoms with van der Waals surface area (Å²) in [4.78, 5) is 39.6. The number of furan rings is 1. The zero-order chi connectivity index (χ0) is 18.2. The van der Waals surface area contributed by atoms with Crippen molar-refractivity contribution in [3.05, 3.63) is 24.2 Å². The third kappa shape index (κ3) is 2.67. The molecule has 2 N–H and O–H groups in total. The number of nitrogens with two attached hydrogens (primary N) is 1. The summed E-state index contributed by atoms with van der Waals surface area (Å²) in [5.74, 6) is -1.06. The Hall–Kier alpha value is -1.80. The first-order valence-corrected chi connectivity index (χ1v) is 9.74. The highest BCUT2D eigenvalue weighted by molar-refractivity contribution is 7.98. The summed E-state index contributed by atoms with van der Waals surface area (Å²) in [7, 11) is 1.48. The molecule has 3 rings (SSSR count). The van der Waals surface area contributed by atoms with Crippen LogP contribution in [-0.2, 0) is 19.1 Å². The Kier molecular flexibility index (Phi) is 4.92. The van der Waals surface area contributed by atoms with Gasteiger partial charge in [0.15, 0.2) is 11.8 Å². The molecule has 7 nitrogen and oxygen atoms in total. The Morgan fingerprint density at radius 1 is 1.44 bits per heavy atom. The number of amides is 2. The molecular weight excluding hydrogens is 344 g/mol. The van der Waals surface area contributed by atoms with E-state index in [1.165, 1.54) is 13.3 Å². The first-order chi connectivity index (χ1) is 12.0. The van der Waals surface area contributed by atoms with E-state index in [-0.39, 0.29) is 18.4 Å². The quantitative estimate of drug-likeness (QED) is 0.570. The number of hydrogen-bond donors (Lipinski definition) is 1. The maximum Gasteiger partial charge on any atom is 0.368 e. The van der Waals surface area contributed by atoms with E-state index >= 15 is 0 Å². The Morgan fingerprint density at radius 2 is 2.20 bits per heavy atom. The third-order valence-corrected chi connectivity index (χ3v) is 5.85. The van der Waals surface area contributed by atoms with Gasteiger partial charge in [-0.15, -0.1) is 0 Å². The van der Waals surface area contributed by atoms with Crippen molar-refractivity contribution in [2.45, 2.75) is 24.9 Å². The lowest BCUT2D eigenvalue weighted by atomic mass is 9.78. The normalized spacial score (nSPS) is 31.5. The zero-order valence-corrected chi connectivity index (χ0v) is 15.4. The van der Waals surface area contributed by atoms with Gasteiger partial charge in [-0.25, -0.2) is 4.79 Å². The average Bonchev–Trinajstić information content (AvgIpc) is 3.28. The predicted octanol–water partition coefficient (Wildman–Crippen LogP) is 0.184. The van der Waals surface area contributed by atoms with Gasteiger partial charge in [0.05, 0.1) is 12.9 Å². The minimum absolute atomic E-state index is 0.231. The van der Waals surface area contributed by atoms with E-state index in [1.807, 2.05) is 11.6 Å². The Morgan fingerprint density at radius 3 is 2.80 bits per heavy atom. The largest absolute Gasteiger partial charge is 0.463 e. The lowest BCUT2D eigenvalue weighted by molar-refractivity contribution is -0.736. The second-order valence-corrected chi connectivity index (χ2v) is 7.44. The van der Waals surface area contributed by atoms with Crippen LogP contribution in [0.5, 0.6) is 0 Å². The summed E-state index contributed by atoms with van der Waals surface area (Å²) in [6.07, 6.45) is 3.94. The van der Waals surface area contributed by atoms with Gasteiger partial charge in [-0.1, -0.05) is 0 Å². The van der Waals surface area contributed by atoms with Gasteiger partial charge in [0.2, 0.25) is 17.4 Å². The number of fused-ring (bicyclic) bond motifs is 1. The predicted molar refractivity (Wildman–Crippen MR) is 90.5 cm³/mol. The second kappa shape index (κ2) is 6.84. The third-order valence-electron chi connectivity index (χ3n) is 5.24. The molecule has 25 heavy (non-hydrogen) atoms. The number of quaternary nitrogens is 1. The van der Waals surface area contributed by atoms with Gasteiger partial charge in [0.1, 0.15) is 11.8 Å². The lowest BCUT2D eigenvalue weighted by Crippen LogP contribution is -2.98. The second-order valence-electron chi connectivity index (χ2n) is 6.45. The van der Waals surface area contributed by atoms with Crippen molar-refractivity contribution >= 4 is 29.5 Å². The van der Waals surface area contributed by atoms with E-state index in [2.05, 4.69) is 0 Å². The van der Waals surface area contributed by atoms with E-state index in [0.29, 0.717) is 17.9 Å². The molecule has 0 aromatic carbocycles. The highest BCUT2D eigenvalue weighted by atomic mass is 32.2. The number of nitrogens with zero attached hydrogens (tertiary/aromatic N) is 1. The Bertz CT molecular complexity index is 677. The van der Waals surface area contributed by atoms with Crippen LogP contribution in [0.3, 0.4) is 0 Å². The number of thioether (sulfide) groups is 1. The number of ether oxygens (including phenoxy) is 1. The minimum atomic E-state index is -1.10. The average molecular weight is 367 g/mol. The fraction of sp³-hybridized carbons (Fsp3) is 0.588. The smallest absolute Gasteiger partial charge is 0.368 e. The highest BCUT2D eigenvalue weighted by Crippen LogP contribution is 2.45. The molecule has 136 valence electrons. The molecule has 3 heterocycles. The lowest BCUT2D eigenvalue weighted by Gasteiger charge is -2.28. The number of imide groups is 1. The molecule has 0 unspecified atom stereocenters. The minimum Gasteiger partial charge on any atom is -0.463 e. The van der Waals surface area contributed by atoms with Crippen LogP contribution in [-0.4, -0.2) is 53.9 Å². The summed E-state index contributed by atoms with van der Waals surface area (Å²) in [5, 5.41) is 1.83. The molecule has 0 bridgehead atoms. The monoisotopic (exact) mass is 367 g/mol. The SMILES string of the molecule is CCOC(=O)[C@@]1(CCSC)[NH2+][C@@H](c2ccco2)[C@H]2C(=O)N(C)C(=O)[C@@H]21. The van der Waals surface area contributed by atoms with Gasteiger partial charge in [-0.2, -0.15) is 11.8 Å². The van der Waals surface area contributed by atoms with Crippen molar-refractivity contribution in [1.29, 1.82) is 0 Å². The molecule has 2 amide bonds. The van der Waals surface area contributed by atoms with Gasteiger partial charge < -0.3 is 14.5 Å². The van der Waals surface area contributed by atoms with Crippen LogP contribution in [0, 0.1) is 11.8 Å². The van der Waals surface area contributed by atoms with E-state index in [1.54, 1.807) is 30.8 Å². The van der Waals surface area contributed by atoms with Crippen LogP contribution in [0.15, 0.2) is 22.8 Å². The summed E-state index contributed by atoms with van der Waals surface area (Å²) >= 11 is 1.60. The van der Waals surface area contributed by atoms with E-state index in [9.17, 15) is 14.4 Å². The van der Waals surface area contributed by atoms with Gasteiger partial charge in [0, 0.05) is 13.5 Å². The van der Waals surface area contributed by atoms with Gasteiger partial charge in [-0.05, 0) is 31.1 Å². The van der Waals surface area contributed by atoms with Gasteiger partial charge in [-0.3, -0.25) is 14.5 Å². The van der Waals surface area contributed by atoms with Crippen LogP contribution in [0.4, 0.5) is 0 Å². The van der Waals surface area contributed by atoms with Gasteiger partial charge >= 0.3 is 5.97 Å². The van der Waals surface area contributed by atoms with Gasteiger partial charge in [0.25, 0.3) is 0 Å². The summed E-state index contributed by atoms with van der Waals surface area (Å²) < 4.78 is 10.8. The van der Waals surface area contributed by atoms with Crippen LogP contribution in [0.25, 0.3) is 0 Å². The zero-order valence-electron chi connectivity index (χ0n) is 14.6. The summed E-state index contributed by atoms with van der Waals surface area (Å²) in [6.45, 7) is 1.97.